The first kappa shape index (κ1) is 19.1. The number of nitrogens with zero attached hydrogens (tertiary/aromatic N) is 3. The van der Waals surface area contributed by atoms with E-state index in [2.05, 4.69) is 40.3 Å². The van der Waals surface area contributed by atoms with Crippen LogP contribution in [0.3, 0.4) is 0 Å². The Balaban J connectivity index is 1.54. The summed E-state index contributed by atoms with van der Waals surface area (Å²) in [5.41, 5.74) is 1.12. The highest BCUT2D eigenvalue weighted by atomic mass is 35.5. The van der Waals surface area contributed by atoms with Gasteiger partial charge in [0.2, 0.25) is 11.0 Å². The van der Waals surface area contributed by atoms with Crippen LogP contribution < -0.4 is 10.2 Å². The SMILES string of the molecule is CCC(CC)c1nnc(NC(=O)C2CCN(c3cccc(Cl)c3)CC2)s1. The maximum absolute atomic E-state index is 12.6. The van der Waals surface area contributed by atoms with Gasteiger partial charge in [0, 0.05) is 35.6 Å². The van der Waals surface area contributed by atoms with E-state index in [0.717, 1.165) is 54.5 Å². The molecule has 1 fully saturated rings. The van der Waals surface area contributed by atoms with Crippen LogP contribution in [0.25, 0.3) is 0 Å². The van der Waals surface area contributed by atoms with Gasteiger partial charge in [0.15, 0.2) is 0 Å². The number of amides is 1. The van der Waals surface area contributed by atoms with Gasteiger partial charge < -0.3 is 10.2 Å². The lowest BCUT2D eigenvalue weighted by Crippen LogP contribution is -2.38. The smallest absolute Gasteiger partial charge is 0.229 e. The average molecular weight is 393 g/mol. The van der Waals surface area contributed by atoms with Gasteiger partial charge in [-0.2, -0.15) is 0 Å². The topological polar surface area (TPSA) is 58.1 Å². The van der Waals surface area contributed by atoms with E-state index in [0.29, 0.717) is 11.0 Å². The number of rotatable bonds is 6. The Kier molecular flexibility index (Phi) is 6.48. The fraction of sp³-hybridized carbons (Fsp3) is 0.526. The monoisotopic (exact) mass is 392 g/mol. The van der Waals surface area contributed by atoms with Crippen molar-refractivity contribution in [1.29, 1.82) is 0 Å². The maximum atomic E-state index is 12.6. The van der Waals surface area contributed by atoms with Crippen molar-refractivity contribution < 1.29 is 4.79 Å². The summed E-state index contributed by atoms with van der Waals surface area (Å²) in [5, 5.41) is 13.7. The number of anilines is 2. The fourth-order valence-corrected chi connectivity index (χ4v) is 4.57. The molecule has 1 N–H and O–H groups in total. The van der Waals surface area contributed by atoms with Gasteiger partial charge in [0.05, 0.1) is 0 Å². The molecule has 1 aliphatic heterocycles. The molecule has 1 amide bonds. The van der Waals surface area contributed by atoms with Crippen molar-refractivity contribution in [1.82, 2.24) is 10.2 Å². The Morgan fingerprint density at radius 3 is 2.69 bits per heavy atom. The van der Waals surface area contributed by atoms with Gasteiger partial charge in [-0.15, -0.1) is 10.2 Å². The minimum absolute atomic E-state index is 0.0194. The number of carbonyl (C=O) groups is 1. The molecule has 0 saturated carbocycles. The molecule has 3 rings (SSSR count). The molecule has 0 bridgehead atoms. The number of halogens is 1. The van der Waals surface area contributed by atoms with E-state index in [-0.39, 0.29) is 11.8 Å². The van der Waals surface area contributed by atoms with Gasteiger partial charge >= 0.3 is 0 Å². The van der Waals surface area contributed by atoms with Crippen molar-refractivity contribution in [2.45, 2.75) is 45.4 Å². The zero-order valence-corrected chi connectivity index (χ0v) is 16.8. The first-order valence-electron chi connectivity index (χ1n) is 9.25. The molecule has 0 unspecified atom stereocenters. The van der Waals surface area contributed by atoms with Crippen molar-refractivity contribution in [3.63, 3.8) is 0 Å². The van der Waals surface area contributed by atoms with Crippen molar-refractivity contribution in [3.8, 4) is 0 Å². The van der Waals surface area contributed by atoms with Crippen LogP contribution in [0.5, 0.6) is 0 Å². The summed E-state index contributed by atoms with van der Waals surface area (Å²) in [4.78, 5) is 14.9. The zero-order chi connectivity index (χ0) is 18.5. The maximum Gasteiger partial charge on any atom is 0.229 e. The third-order valence-electron chi connectivity index (χ3n) is 5.04. The van der Waals surface area contributed by atoms with Crippen LogP contribution in [0.1, 0.15) is 50.5 Å². The van der Waals surface area contributed by atoms with Crippen LogP contribution in [0.4, 0.5) is 10.8 Å². The van der Waals surface area contributed by atoms with E-state index in [4.69, 9.17) is 11.6 Å². The summed E-state index contributed by atoms with van der Waals surface area (Å²) in [6, 6.07) is 7.88. The Morgan fingerprint density at radius 2 is 2.04 bits per heavy atom. The van der Waals surface area contributed by atoms with E-state index >= 15 is 0 Å². The molecule has 0 spiro atoms. The number of carbonyl (C=O) groups excluding carboxylic acids is 1. The predicted octanol–water partition coefficient (Wildman–Crippen LogP) is 4.95. The third kappa shape index (κ3) is 4.54. The van der Waals surface area contributed by atoms with E-state index in [9.17, 15) is 4.79 Å². The summed E-state index contributed by atoms with van der Waals surface area (Å²) < 4.78 is 0. The lowest BCUT2D eigenvalue weighted by atomic mass is 9.95. The zero-order valence-electron chi connectivity index (χ0n) is 15.2. The van der Waals surface area contributed by atoms with Gasteiger partial charge in [-0.1, -0.05) is 42.9 Å². The highest BCUT2D eigenvalue weighted by Crippen LogP contribution is 2.29. The second-order valence-electron chi connectivity index (χ2n) is 6.69. The number of hydrogen-bond donors (Lipinski definition) is 1. The molecular formula is C19H25ClN4OS. The molecule has 7 heteroatoms. The van der Waals surface area contributed by atoms with E-state index in [1.807, 2.05) is 18.2 Å². The number of benzene rings is 1. The van der Waals surface area contributed by atoms with E-state index in [1.54, 1.807) is 0 Å². The molecule has 1 saturated heterocycles. The van der Waals surface area contributed by atoms with Crippen LogP contribution in [-0.4, -0.2) is 29.2 Å². The standard InChI is InChI=1S/C19H25ClN4OS/c1-3-13(4-2)18-22-23-19(26-18)21-17(25)14-8-10-24(11-9-14)16-7-5-6-15(20)12-16/h5-7,12-14H,3-4,8-11H2,1-2H3,(H,21,23,25). The Morgan fingerprint density at radius 1 is 1.31 bits per heavy atom. The molecule has 140 valence electrons. The molecule has 5 nitrogen and oxygen atoms in total. The van der Waals surface area contributed by atoms with Crippen LogP contribution in [0.15, 0.2) is 24.3 Å². The van der Waals surface area contributed by atoms with Crippen molar-refractivity contribution >= 4 is 39.7 Å². The molecule has 1 aromatic heterocycles. The van der Waals surface area contributed by atoms with Crippen LogP contribution in [-0.2, 0) is 4.79 Å². The van der Waals surface area contributed by atoms with Gasteiger partial charge in [-0.3, -0.25) is 4.79 Å². The molecule has 0 radical (unpaired) electrons. The van der Waals surface area contributed by atoms with Crippen molar-refractivity contribution in [2.75, 3.05) is 23.3 Å². The van der Waals surface area contributed by atoms with Crippen LogP contribution >= 0.6 is 22.9 Å². The molecule has 1 aromatic carbocycles. The van der Waals surface area contributed by atoms with Crippen LogP contribution in [0.2, 0.25) is 5.02 Å². The average Bonchev–Trinajstić information content (AvgIpc) is 3.11. The molecule has 0 atom stereocenters. The lowest BCUT2D eigenvalue weighted by Gasteiger charge is -2.32. The van der Waals surface area contributed by atoms with Gasteiger partial charge in [-0.05, 0) is 43.9 Å². The molecule has 2 heterocycles. The van der Waals surface area contributed by atoms with E-state index < -0.39 is 0 Å². The van der Waals surface area contributed by atoms with Gasteiger partial charge in [0.1, 0.15) is 5.01 Å². The summed E-state index contributed by atoms with van der Waals surface area (Å²) >= 11 is 7.58. The van der Waals surface area contributed by atoms with Gasteiger partial charge in [-0.25, -0.2) is 0 Å². The lowest BCUT2D eigenvalue weighted by molar-refractivity contribution is -0.120. The number of hydrogen-bond acceptors (Lipinski definition) is 5. The Labute approximate surface area is 163 Å². The second kappa shape index (κ2) is 8.82. The quantitative estimate of drug-likeness (QED) is 0.755. The number of aromatic nitrogens is 2. The first-order valence-corrected chi connectivity index (χ1v) is 10.4. The van der Waals surface area contributed by atoms with E-state index in [1.165, 1.54) is 11.3 Å². The van der Waals surface area contributed by atoms with Crippen molar-refractivity contribution in [2.24, 2.45) is 5.92 Å². The molecular weight excluding hydrogens is 368 g/mol. The van der Waals surface area contributed by atoms with Gasteiger partial charge in [0.25, 0.3) is 0 Å². The summed E-state index contributed by atoms with van der Waals surface area (Å²) in [6.45, 7) is 6.02. The van der Waals surface area contributed by atoms with Crippen molar-refractivity contribution in [3.05, 3.63) is 34.3 Å². The second-order valence-corrected chi connectivity index (χ2v) is 8.13. The largest absolute Gasteiger partial charge is 0.371 e. The first-order chi connectivity index (χ1) is 12.6. The molecule has 0 aliphatic carbocycles. The fourth-order valence-electron chi connectivity index (χ4n) is 3.37. The summed E-state index contributed by atoms with van der Waals surface area (Å²) in [6.07, 6.45) is 3.75. The normalized spacial score (nSPS) is 15.5. The minimum Gasteiger partial charge on any atom is -0.371 e. The summed E-state index contributed by atoms with van der Waals surface area (Å²) in [5.74, 6) is 0.507. The highest BCUT2D eigenvalue weighted by molar-refractivity contribution is 7.15. The molecule has 26 heavy (non-hydrogen) atoms. The predicted molar refractivity (Wildman–Crippen MR) is 108 cm³/mol. The number of piperidine rings is 1. The third-order valence-corrected chi connectivity index (χ3v) is 6.28. The molecule has 1 aliphatic rings. The minimum atomic E-state index is 0.0194. The highest BCUT2D eigenvalue weighted by Gasteiger charge is 2.26. The van der Waals surface area contributed by atoms with Crippen LogP contribution in [0, 0.1) is 5.92 Å². The Bertz CT molecular complexity index is 739. The number of nitrogens with one attached hydrogen (secondary N) is 1. The molecule has 2 aromatic rings. The Hall–Kier alpha value is -1.66. The summed E-state index contributed by atoms with van der Waals surface area (Å²) in [7, 11) is 0.